The number of carbonyl (C=O) groups excluding carboxylic acids is 1. The summed E-state index contributed by atoms with van der Waals surface area (Å²) in [5, 5.41) is 10.3. The van der Waals surface area contributed by atoms with Crippen LogP contribution in [0.25, 0.3) is 0 Å². The van der Waals surface area contributed by atoms with Crippen LogP contribution in [0.1, 0.15) is 25.5 Å². The van der Waals surface area contributed by atoms with Crippen molar-refractivity contribution in [3.63, 3.8) is 0 Å². The Balaban J connectivity index is 1.57. The minimum Gasteiger partial charge on any atom is -0.477 e. The molecule has 7 heteroatoms. The van der Waals surface area contributed by atoms with Gasteiger partial charge in [0.1, 0.15) is 12.1 Å². The van der Waals surface area contributed by atoms with Crippen molar-refractivity contribution in [2.75, 3.05) is 37.7 Å². The topological polar surface area (TPSA) is 78.8 Å². The third-order valence-corrected chi connectivity index (χ3v) is 4.46. The van der Waals surface area contributed by atoms with Crippen LogP contribution in [0.3, 0.4) is 0 Å². The number of carbonyl (C=O) groups is 1. The van der Waals surface area contributed by atoms with E-state index in [0.717, 1.165) is 5.82 Å². The molecule has 144 valence electrons. The fourth-order valence-electron chi connectivity index (χ4n) is 2.94. The highest BCUT2D eigenvalue weighted by atomic mass is 16.5. The average Bonchev–Trinajstić information content (AvgIpc) is 2.72. The number of aromatic nitrogens is 2. The lowest BCUT2D eigenvalue weighted by Gasteiger charge is -2.36. The van der Waals surface area contributed by atoms with Gasteiger partial charge in [-0.2, -0.15) is 0 Å². The number of benzene rings is 1. The number of piperazine rings is 1. The van der Waals surface area contributed by atoms with Crippen molar-refractivity contribution < 1.29 is 14.6 Å². The second-order valence-corrected chi connectivity index (χ2v) is 7.04. The third kappa shape index (κ3) is 4.95. The first-order chi connectivity index (χ1) is 13.0. The molecule has 0 spiro atoms. The molecular weight excluding hydrogens is 344 g/mol. The number of hydrogen-bond acceptors (Lipinski definition) is 6. The maximum atomic E-state index is 12.6. The van der Waals surface area contributed by atoms with E-state index in [9.17, 15) is 9.90 Å². The third-order valence-electron chi connectivity index (χ3n) is 4.46. The van der Waals surface area contributed by atoms with Crippen molar-refractivity contribution >= 4 is 11.7 Å². The van der Waals surface area contributed by atoms with Gasteiger partial charge >= 0.3 is 0 Å². The predicted octanol–water partition coefficient (Wildman–Crippen LogP) is 1.89. The normalized spacial score (nSPS) is 15.7. The van der Waals surface area contributed by atoms with E-state index in [1.54, 1.807) is 17.0 Å². The zero-order valence-corrected chi connectivity index (χ0v) is 15.8. The molecule has 1 N–H and O–H groups in total. The molecule has 0 radical (unpaired) electrons. The molecule has 0 saturated carbocycles. The lowest BCUT2D eigenvalue weighted by molar-refractivity contribution is -0.140. The van der Waals surface area contributed by atoms with Gasteiger partial charge in [0.25, 0.3) is 5.91 Å². The number of nitrogens with zero attached hydrogens (tertiary/aromatic N) is 4. The fourth-order valence-corrected chi connectivity index (χ4v) is 2.94. The number of aliphatic hydroxyl groups is 1. The van der Waals surface area contributed by atoms with Crippen LogP contribution < -0.4 is 9.64 Å². The standard InChI is InChI=1S/C20H26N4O3/c1-15(2)13-27-18-12-17(21-14-22-18)23-8-10-24(11-9-23)20(26)19(25)16-6-4-3-5-7-16/h3-7,12,14-15,19,25H,8-11,13H2,1-2H3/t19-/m0/s1. The number of ether oxygens (including phenoxy) is 1. The monoisotopic (exact) mass is 370 g/mol. The summed E-state index contributed by atoms with van der Waals surface area (Å²) in [5.74, 6) is 1.52. The summed E-state index contributed by atoms with van der Waals surface area (Å²) >= 11 is 0. The van der Waals surface area contributed by atoms with Crippen molar-refractivity contribution in [3.05, 3.63) is 48.3 Å². The highest BCUT2D eigenvalue weighted by Crippen LogP contribution is 2.20. The smallest absolute Gasteiger partial charge is 0.256 e. The Morgan fingerprint density at radius 3 is 2.52 bits per heavy atom. The van der Waals surface area contributed by atoms with E-state index >= 15 is 0 Å². The Hall–Kier alpha value is -2.67. The summed E-state index contributed by atoms with van der Waals surface area (Å²) in [4.78, 5) is 24.8. The van der Waals surface area contributed by atoms with Crippen LogP contribution in [-0.4, -0.2) is 58.7 Å². The second-order valence-electron chi connectivity index (χ2n) is 7.04. The van der Waals surface area contributed by atoms with Crippen LogP contribution in [0.2, 0.25) is 0 Å². The molecule has 2 aromatic rings. The van der Waals surface area contributed by atoms with Crippen LogP contribution in [-0.2, 0) is 4.79 Å². The summed E-state index contributed by atoms with van der Waals surface area (Å²) in [7, 11) is 0. The molecule has 1 aliphatic heterocycles. The number of aliphatic hydroxyl groups excluding tert-OH is 1. The zero-order chi connectivity index (χ0) is 19.2. The van der Waals surface area contributed by atoms with Crippen molar-refractivity contribution in [2.24, 2.45) is 5.92 Å². The molecule has 1 aromatic carbocycles. The zero-order valence-electron chi connectivity index (χ0n) is 15.8. The average molecular weight is 370 g/mol. The molecule has 1 aliphatic rings. The maximum absolute atomic E-state index is 12.6. The van der Waals surface area contributed by atoms with Gasteiger partial charge in [-0.1, -0.05) is 44.2 Å². The molecule has 27 heavy (non-hydrogen) atoms. The first-order valence-corrected chi connectivity index (χ1v) is 9.26. The van der Waals surface area contributed by atoms with Crippen molar-refractivity contribution in [3.8, 4) is 5.88 Å². The largest absolute Gasteiger partial charge is 0.477 e. The van der Waals surface area contributed by atoms with Crippen molar-refractivity contribution in [2.45, 2.75) is 20.0 Å². The van der Waals surface area contributed by atoms with E-state index in [1.165, 1.54) is 6.33 Å². The van der Waals surface area contributed by atoms with Crippen LogP contribution in [0.5, 0.6) is 5.88 Å². The maximum Gasteiger partial charge on any atom is 0.256 e. The molecule has 1 fully saturated rings. The van der Waals surface area contributed by atoms with Gasteiger partial charge in [-0.15, -0.1) is 0 Å². The molecule has 2 heterocycles. The van der Waals surface area contributed by atoms with Crippen LogP contribution >= 0.6 is 0 Å². The van der Waals surface area contributed by atoms with Crippen LogP contribution in [0.15, 0.2) is 42.7 Å². The van der Waals surface area contributed by atoms with Crippen LogP contribution in [0.4, 0.5) is 5.82 Å². The van der Waals surface area contributed by atoms with Crippen molar-refractivity contribution in [1.82, 2.24) is 14.9 Å². The molecule has 7 nitrogen and oxygen atoms in total. The molecule has 0 aliphatic carbocycles. The van der Waals surface area contributed by atoms with Gasteiger partial charge in [-0.25, -0.2) is 9.97 Å². The Kier molecular flexibility index (Phi) is 6.24. The minimum absolute atomic E-state index is 0.260. The summed E-state index contributed by atoms with van der Waals surface area (Å²) in [5.41, 5.74) is 0.618. The highest BCUT2D eigenvalue weighted by molar-refractivity contribution is 5.82. The SMILES string of the molecule is CC(C)COc1cc(N2CCN(C(=O)[C@@H](O)c3ccccc3)CC2)ncn1. The van der Waals surface area contributed by atoms with E-state index in [2.05, 4.69) is 28.7 Å². The van der Waals surface area contributed by atoms with Gasteiger partial charge < -0.3 is 19.6 Å². The first-order valence-electron chi connectivity index (χ1n) is 9.26. The molecule has 0 unspecified atom stereocenters. The molecule has 1 atom stereocenters. The van der Waals surface area contributed by atoms with Gasteiger partial charge in [-0.3, -0.25) is 4.79 Å². The van der Waals surface area contributed by atoms with Crippen molar-refractivity contribution in [1.29, 1.82) is 0 Å². The van der Waals surface area contributed by atoms with Gasteiger partial charge in [-0.05, 0) is 11.5 Å². The van der Waals surface area contributed by atoms with Gasteiger partial charge in [0.05, 0.1) is 6.61 Å². The number of amides is 1. The molecule has 3 rings (SSSR count). The quantitative estimate of drug-likeness (QED) is 0.837. The van der Waals surface area contributed by atoms with E-state index in [4.69, 9.17) is 4.74 Å². The number of anilines is 1. The number of hydrogen-bond donors (Lipinski definition) is 1. The van der Waals surface area contributed by atoms with E-state index in [1.807, 2.05) is 24.3 Å². The molecule has 1 saturated heterocycles. The summed E-state index contributed by atoms with van der Waals surface area (Å²) in [6.45, 7) is 7.14. The molecule has 0 bridgehead atoms. The van der Waals surface area contributed by atoms with E-state index in [-0.39, 0.29) is 5.91 Å². The predicted molar refractivity (Wildman–Crippen MR) is 103 cm³/mol. The lowest BCUT2D eigenvalue weighted by Crippen LogP contribution is -2.50. The minimum atomic E-state index is -1.12. The Morgan fingerprint density at radius 1 is 1.15 bits per heavy atom. The van der Waals surface area contributed by atoms with Gasteiger partial charge in [0.15, 0.2) is 6.10 Å². The Labute approximate surface area is 159 Å². The lowest BCUT2D eigenvalue weighted by atomic mass is 10.1. The fraction of sp³-hybridized carbons (Fsp3) is 0.450. The molecule has 1 amide bonds. The molecular formula is C20H26N4O3. The number of rotatable bonds is 6. The second kappa shape index (κ2) is 8.81. The van der Waals surface area contributed by atoms with Gasteiger partial charge in [0, 0.05) is 32.2 Å². The van der Waals surface area contributed by atoms with E-state index < -0.39 is 6.10 Å². The van der Waals surface area contributed by atoms with Crippen LogP contribution in [0, 0.1) is 5.92 Å². The van der Waals surface area contributed by atoms with Gasteiger partial charge in [0.2, 0.25) is 5.88 Å². The Bertz CT molecular complexity index is 746. The summed E-state index contributed by atoms with van der Waals surface area (Å²) < 4.78 is 5.66. The highest BCUT2D eigenvalue weighted by Gasteiger charge is 2.27. The molecule has 1 aromatic heterocycles. The first kappa shape index (κ1) is 19.1. The van der Waals surface area contributed by atoms with E-state index in [0.29, 0.717) is 50.1 Å². The summed E-state index contributed by atoms with van der Waals surface area (Å²) in [6, 6.07) is 10.9. The Morgan fingerprint density at radius 2 is 1.85 bits per heavy atom. The summed E-state index contributed by atoms with van der Waals surface area (Å²) in [6.07, 6.45) is 0.384.